The summed E-state index contributed by atoms with van der Waals surface area (Å²) in [4.78, 5) is 2.43. The molecule has 0 N–H and O–H groups in total. The fourth-order valence-electron chi connectivity index (χ4n) is 8.17. The van der Waals surface area contributed by atoms with Crippen molar-refractivity contribution in [2.75, 3.05) is 4.90 Å². The molecule has 0 aromatic heterocycles. The maximum absolute atomic E-state index is 2.43. The Bertz CT molecular complexity index is 2940. The number of nitrogens with zero attached hydrogens (tertiary/aromatic N) is 1. The van der Waals surface area contributed by atoms with Gasteiger partial charge in [-0.25, -0.2) is 0 Å². The van der Waals surface area contributed by atoms with Gasteiger partial charge in [-0.3, -0.25) is 0 Å². The second kappa shape index (κ2) is 14.0. The smallest absolute Gasteiger partial charge is 0.0546 e. The number of anilines is 3. The van der Waals surface area contributed by atoms with Gasteiger partial charge in [0.15, 0.2) is 0 Å². The Morgan fingerprint density at radius 2 is 0.727 bits per heavy atom. The average molecular weight is 700 g/mol. The summed E-state index contributed by atoms with van der Waals surface area (Å²) < 4.78 is 0. The second-order valence-electron chi connectivity index (χ2n) is 14.1. The predicted molar refractivity (Wildman–Crippen MR) is 235 cm³/mol. The zero-order valence-electron chi connectivity index (χ0n) is 30.3. The molecule has 0 fully saturated rings. The molecule has 10 rings (SSSR count). The van der Waals surface area contributed by atoms with Gasteiger partial charge in [-0.15, -0.1) is 0 Å². The molecule has 0 aliphatic heterocycles. The van der Waals surface area contributed by atoms with Gasteiger partial charge in [-0.1, -0.05) is 194 Å². The molecule has 0 atom stereocenters. The number of hydrogen-bond donors (Lipinski definition) is 0. The highest BCUT2D eigenvalue weighted by molar-refractivity contribution is 6.14. The maximum Gasteiger partial charge on any atom is 0.0546 e. The van der Waals surface area contributed by atoms with Crippen molar-refractivity contribution in [3.05, 3.63) is 224 Å². The quantitative estimate of drug-likeness (QED) is 0.150. The molecule has 0 aliphatic rings. The first kappa shape index (κ1) is 32.4. The Kier molecular flexibility index (Phi) is 8.24. The largest absolute Gasteiger partial charge is 0.310 e. The average Bonchev–Trinajstić information content (AvgIpc) is 3.27. The monoisotopic (exact) mass is 699 g/mol. The van der Waals surface area contributed by atoms with Crippen LogP contribution in [0.5, 0.6) is 0 Å². The van der Waals surface area contributed by atoms with Gasteiger partial charge in [0.2, 0.25) is 0 Å². The third-order valence-electron chi connectivity index (χ3n) is 10.9. The lowest BCUT2D eigenvalue weighted by molar-refractivity contribution is 1.30. The van der Waals surface area contributed by atoms with E-state index < -0.39 is 0 Å². The zero-order valence-corrected chi connectivity index (χ0v) is 30.3. The highest BCUT2D eigenvalue weighted by Crippen LogP contribution is 2.45. The summed E-state index contributed by atoms with van der Waals surface area (Å²) in [6.07, 6.45) is 0. The fourth-order valence-corrected chi connectivity index (χ4v) is 8.17. The minimum atomic E-state index is 1.10. The molecule has 1 heteroatoms. The molecule has 0 radical (unpaired) electrons. The summed E-state index contributed by atoms with van der Waals surface area (Å²) in [5.41, 5.74) is 13.0. The Hall–Kier alpha value is -7.22. The molecule has 258 valence electrons. The van der Waals surface area contributed by atoms with E-state index in [0.717, 1.165) is 17.1 Å². The van der Waals surface area contributed by atoms with Crippen LogP contribution in [0, 0.1) is 0 Å². The van der Waals surface area contributed by atoms with Crippen LogP contribution in [0.25, 0.3) is 76.8 Å². The van der Waals surface area contributed by atoms with Crippen molar-refractivity contribution in [2.45, 2.75) is 0 Å². The van der Waals surface area contributed by atoms with Gasteiger partial charge in [0, 0.05) is 16.8 Å². The van der Waals surface area contributed by atoms with Crippen LogP contribution < -0.4 is 4.90 Å². The molecule has 0 aliphatic carbocycles. The highest BCUT2D eigenvalue weighted by atomic mass is 15.1. The molecular formula is C54H37N. The van der Waals surface area contributed by atoms with Crippen molar-refractivity contribution in [2.24, 2.45) is 0 Å². The summed E-state index contributed by atoms with van der Waals surface area (Å²) in [5.74, 6) is 0. The molecule has 10 aromatic carbocycles. The van der Waals surface area contributed by atoms with Crippen molar-refractivity contribution in [3.63, 3.8) is 0 Å². The first-order valence-electron chi connectivity index (χ1n) is 18.9. The lowest BCUT2D eigenvalue weighted by Gasteiger charge is -2.29. The lowest BCUT2D eigenvalue weighted by atomic mass is 9.91. The van der Waals surface area contributed by atoms with Crippen LogP contribution in [-0.4, -0.2) is 0 Å². The van der Waals surface area contributed by atoms with Crippen molar-refractivity contribution in [1.29, 1.82) is 0 Å². The van der Waals surface area contributed by atoms with Crippen molar-refractivity contribution >= 4 is 49.4 Å². The minimum Gasteiger partial charge on any atom is -0.310 e. The van der Waals surface area contributed by atoms with Gasteiger partial charge in [-0.05, 0) is 102 Å². The van der Waals surface area contributed by atoms with E-state index in [2.05, 4.69) is 229 Å². The minimum absolute atomic E-state index is 1.10. The Morgan fingerprint density at radius 1 is 0.236 bits per heavy atom. The Labute approximate surface area is 322 Å². The number of rotatable bonds is 7. The third kappa shape index (κ3) is 6.02. The number of benzene rings is 10. The molecule has 0 heterocycles. The highest BCUT2D eigenvalue weighted by Gasteiger charge is 2.20. The van der Waals surface area contributed by atoms with E-state index in [9.17, 15) is 0 Å². The zero-order chi connectivity index (χ0) is 36.6. The third-order valence-corrected chi connectivity index (χ3v) is 10.9. The molecule has 0 unspecified atom stereocenters. The molecular weight excluding hydrogens is 663 g/mol. The topological polar surface area (TPSA) is 3.24 Å². The van der Waals surface area contributed by atoms with Crippen LogP contribution >= 0.6 is 0 Å². The molecule has 0 amide bonds. The van der Waals surface area contributed by atoms with Gasteiger partial charge < -0.3 is 4.90 Å². The van der Waals surface area contributed by atoms with Gasteiger partial charge >= 0.3 is 0 Å². The van der Waals surface area contributed by atoms with Crippen LogP contribution in [0.4, 0.5) is 17.1 Å². The van der Waals surface area contributed by atoms with E-state index in [4.69, 9.17) is 0 Å². The van der Waals surface area contributed by atoms with Crippen molar-refractivity contribution in [1.82, 2.24) is 0 Å². The fraction of sp³-hybridized carbons (Fsp3) is 0. The first-order chi connectivity index (χ1) is 27.3. The SMILES string of the molecule is c1ccc(-c2ccc(N(c3ccc(-c4ccc(-c5cccc6ccccc56)cc4)c(-c4ccccc4)c3)c3cc4ccccc4c4ccccc34)cc2)cc1. The second-order valence-corrected chi connectivity index (χ2v) is 14.1. The Morgan fingerprint density at radius 3 is 1.45 bits per heavy atom. The van der Waals surface area contributed by atoms with Gasteiger partial charge in [-0.2, -0.15) is 0 Å². The molecule has 0 saturated heterocycles. The van der Waals surface area contributed by atoms with Crippen LogP contribution in [0.1, 0.15) is 0 Å². The molecule has 1 nitrogen and oxygen atoms in total. The van der Waals surface area contributed by atoms with E-state index >= 15 is 0 Å². The standard InChI is InChI=1S/C54H37N/c1-3-14-38(15-4-1)39-30-32-45(33-31-39)55(54-36-44-19-8-10-22-49(44)51-23-11-12-24-52(51)54)46-34-35-50(53(37-46)41-16-5-2-6-17-41)43-28-26-42(27-29-43)48-25-13-20-40-18-7-9-21-47(40)48/h1-37H. The summed E-state index contributed by atoms with van der Waals surface area (Å²) in [7, 11) is 0. The van der Waals surface area contributed by atoms with Gasteiger partial charge in [0.05, 0.1) is 5.69 Å². The van der Waals surface area contributed by atoms with Gasteiger partial charge in [0.25, 0.3) is 0 Å². The van der Waals surface area contributed by atoms with E-state index in [1.54, 1.807) is 0 Å². The van der Waals surface area contributed by atoms with E-state index in [-0.39, 0.29) is 0 Å². The van der Waals surface area contributed by atoms with Crippen molar-refractivity contribution in [3.8, 4) is 44.5 Å². The number of hydrogen-bond acceptors (Lipinski definition) is 1. The maximum atomic E-state index is 2.43. The van der Waals surface area contributed by atoms with E-state index in [1.807, 2.05) is 0 Å². The van der Waals surface area contributed by atoms with Crippen LogP contribution in [-0.2, 0) is 0 Å². The van der Waals surface area contributed by atoms with Crippen molar-refractivity contribution < 1.29 is 0 Å². The van der Waals surface area contributed by atoms with E-state index in [0.29, 0.717) is 0 Å². The number of fused-ring (bicyclic) bond motifs is 4. The summed E-state index contributed by atoms with van der Waals surface area (Å²) in [6.45, 7) is 0. The van der Waals surface area contributed by atoms with E-state index in [1.165, 1.54) is 76.8 Å². The molecule has 0 bridgehead atoms. The van der Waals surface area contributed by atoms with Crippen LogP contribution in [0.2, 0.25) is 0 Å². The Balaban J connectivity index is 1.15. The molecule has 10 aromatic rings. The summed E-state index contributed by atoms with van der Waals surface area (Å²) in [5, 5.41) is 7.45. The first-order valence-corrected chi connectivity index (χ1v) is 18.9. The summed E-state index contributed by atoms with van der Waals surface area (Å²) >= 11 is 0. The lowest BCUT2D eigenvalue weighted by Crippen LogP contribution is -2.11. The molecule has 55 heavy (non-hydrogen) atoms. The van der Waals surface area contributed by atoms with Gasteiger partial charge in [0.1, 0.15) is 0 Å². The molecule has 0 saturated carbocycles. The van der Waals surface area contributed by atoms with Crippen LogP contribution in [0.15, 0.2) is 224 Å². The normalized spacial score (nSPS) is 11.3. The summed E-state index contributed by atoms with van der Waals surface area (Å²) in [6, 6.07) is 81.5. The van der Waals surface area contributed by atoms with Crippen LogP contribution in [0.3, 0.4) is 0 Å². The molecule has 0 spiro atoms. The predicted octanol–water partition coefficient (Wildman–Crippen LogP) is 15.3.